The van der Waals surface area contributed by atoms with Gasteiger partial charge in [-0.15, -0.1) is 0 Å². The third-order valence-electron chi connectivity index (χ3n) is 2.89. The van der Waals surface area contributed by atoms with E-state index in [1.54, 1.807) is 20.4 Å². The molecular formula is C15H19N3O3S. The molecule has 0 saturated carbocycles. The van der Waals surface area contributed by atoms with Gasteiger partial charge in [-0.1, -0.05) is 11.3 Å². The van der Waals surface area contributed by atoms with Gasteiger partial charge in [0.25, 0.3) is 0 Å². The minimum Gasteiger partial charge on any atom is -0.497 e. The zero-order chi connectivity index (χ0) is 16.1. The number of methoxy groups -OCH3 is 2. The van der Waals surface area contributed by atoms with Crippen molar-refractivity contribution in [3.8, 4) is 11.5 Å². The van der Waals surface area contributed by atoms with Crippen molar-refractivity contribution >= 4 is 27.9 Å². The Hall–Kier alpha value is -2.12. The first-order valence-electron chi connectivity index (χ1n) is 6.66. The minimum absolute atomic E-state index is 0.0492. The summed E-state index contributed by atoms with van der Waals surface area (Å²) in [6.07, 6.45) is 1.59. The molecule has 7 heteroatoms. The van der Waals surface area contributed by atoms with E-state index in [0.717, 1.165) is 5.69 Å². The van der Waals surface area contributed by atoms with Gasteiger partial charge in [-0.05, 0) is 26.2 Å². The van der Waals surface area contributed by atoms with Crippen LogP contribution in [0.4, 0.5) is 10.8 Å². The summed E-state index contributed by atoms with van der Waals surface area (Å²) in [7, 11) is 6.92. The second kappa shape index (κ2) is 7.24. The Balaban J connectivity index is 2.17. The summed E-state index contributed by atoms with van der Waals surface area (Å²) in [5, 5.41) is 3.80. The van der Waals surface area contributed by atoms with Crippen LogP contribution in [0, 0.1) is 0 Å². The van der Waals surface area contributed by atoms with E-state index in [4.69, 9.17) is 9.47 Å². The molecule has 0 amide bonds. The van der Waals surface area contributed by atoms with Crippen molar-refractivity contribution in [3.05, 3.63) is 29.3 Å². The Morgan fingerprint density at radius 3 is 2.73 bits per heavy atom. The summed E-state index contributed by atoms with van der Waals surface area (Å²) >= 11 is 1.32. The molecule has 118 valence electrons. The highest BCUT2D eigenvalue weighted by molar-refractivity contribution is 7.17. The topological polar surface area (TPSA) is 63.7 Å². The molecule has 0 fully saturated rings. The number of likely N-dealkylation sites (N-methyl/N-ethyl adjacent to an activating group) is 1. The molecule has 0 atom stereocenters. The molecule has 0 unspecified atom stereocenters. The third kappa shape index (κ3) is 3.96. The SMILES string of the molecule is COc1ccc(OC)c(Nc2ncc(C(=O)CN(C)C)s2)c1. The highest BCUT2D eigenvalue weighted by Crippen LogP contribution is 2.32. The van der Waals surface area contributed by atoms with Gasteiger partial charge in [0.15, 0.2) is 10.9 Å². The van der Waals surface area contributed by atoms with E-state index in [9.17, 15) is 4.79 Å². The Morgan fingerprint density at radius 2 is 2.09 bits per heavy atom. The maximum atomic E-state index is 12.0. The number of rotatable bonds is 7. The largest absolute Gasteiger partial charge is 0.497 e. The number of thiazole rings is 1. The quantitative estimate of drug-likeness (QED) is 0.791. The summed E-state index contributed by atoms with van der Waals surface area (Å²) in [4.78, 5) is 18.7. The minimum atomic E-state index is 0.0492. The molecule has 6 nitrogen and oxygen atoms in total. The van der Waals surface area contributed by atoms with E-state index in [1.165, 1.54) is 11.3 Å². The van der Waals surface area contributed by atoms with Crippen LogP contribution in [0.3, 0.4) is 0 Å². The van der Waals surface area contributed by atoms with Crippen LogP contribution in [-0.2, 0) is 0 Å². The Morgan fingerprint density at radius 1 is 1.32 bits per heavy atom. The number of anilines is 2. The lowest BCUT2D eigenvalue weighted by Gasteiger charge is -2.10. The van der Waals surface area contributed by atoms with Crippen LogP contribution in [0.2, 0.25) is 0 Å². The van der Waals surface area contributed by atoms with E-state index in [1.807, 2.05) is 37.2 Å². The molecule has 1 aromatic heterocycles. The average Bonchev–Trinajstić information content (AvgIpc) is 2.95. The molecule has 0 aliphatic heterocycles. The predicted octanol–water partition coefficient (Wildman–Crippen LogP) is 2.65. The summed E-state index contributed by atoms with van der Waals surface area (Å²) < 4.78 is 10.5. The number of nitrogens with zero attached hydrogens (tertiary/aromatic N) is 2. The van der Waals surface area contributed by atoms with Gasteiger partial charge in [-0.25, -0.2) is 4.98 Å². The Kier molecular flexibility index (Phi) is 5.35. The number of benzene rings is 1. The van der Waals surface area contributed by atoms with Gasteiger partial charge < -0.3 is 19.7 Å². The first-order valence-corrected chi connectivity index (χ1v) is 7.48. The van der Waals surface area contributed by atoms with Crippen molar-refractivity contribution in [1.29, 1.82) is 0 Å². The number of nitrogens with one attached hydrogen (secondary N) is 1. The van der Waals surface area contributed by atoms with E-state index >= 15 is 0 Å². The van der Waals surface area contributed by atoms with E-state index in [0.29, 0.717) is 28.1 Å². The monoisotopic (exact) mass is 321 g/mol. The number of Topliss-reactive ketones (excluding diaryl/α,β-unsaturated/α-hetero) is 1. The number of hydrogen-bond acceptors (Lipinski definition) is 7. The normalized spacial score (nSPS) is 10.6. The molecule has 0 radical (unpaired) electrons. The number of hydrogen-bond donors (Lipinski definition) is 1. The van der Waals surface area contributed by atoms with E-state index in [-0.39, 0.29) is 5.78 Å². The van der Waals surface area contributed by atoms with Gasteiger partial charge >= 0.3 is 0 Å². The van der Waals surface area contributed by atoms with Crippen LogP contribution < -0.4 is 14.8 Å². The second-order valence-corrected chi connectivity index (χ2v) is 5.91. The molecule has 2 aromatic rings. The van der Waals surface area contributed by atoms with Crippen LogP contribution in [-0.4, -0.2) is 50.5 Å². The van der Waals surface area contributed by atoms with Crippen molar-refractivity contribution in [1.82, 2.24) is 9.88 Å². The maximum absolute atomic E-state index is 12.0. The van der Waals surface area contributed by atoms with Gasteiger partial charge in [-0.2, -0.15) is 0 Å². The van der Waals surface area contributed by atoms with Crippen LogP contribution in [0.1, 0.15) is 9.67 Å². The lowest BCUT2D eigenvalue weighted by molar-refractivity contribution is 0.0961. The lowest BCUT2D eigenvalue weighted by Crippen LogP contribution is -2.20. The standard InChI is InChI=1S/C15H19N3O3S/c1-18(2)9-12(19)14-8-16-15(22-14)17-11-7-10(20-3)5-6-13(11)21-4/h5-8H,9H2,1-4H3,(H,16,17). The predicted molar refractivity (Wildman–Crippen MR) is 87.8 cm³/mol. The van der Waals surface area contributed by atoms with Gasteiger partial charge in [0.2, 0.25) is 0 Å². The van der Waals surface area contributed by atoms with Crippen molar-refractivity contribution in [2.24, 2.45) is 0 Å². The molecule has 0 saturated heterocycles. The fourth-order valence-electron chi connectivity index (χ4n) is 1.85. The molecule has 0 aliphatic carbocycles. The van der Waals surface area contributed by atoms with Crippen molar-refractivity contribution in [2.45, 2.75) is 0 Å². The molecular weight excluding hydrogens is 302 g/mol. The number of ether oxygens (including phenoxy) is 2. The highest BCUT2D eigenvalue weighted by atomic mass is 32.1. The van der Waals surface area contributed by atoms with Gasteiger partial charge in [0, 0.05) is 6.07 Å². The first-order chi connectivity index (χ1) is 10.5. The van der Waals surface area contributed by atoms with Crippen LogP contribution in [0.15, 0.2) is 24.4 Å². The van der Waals surface area contributed by atoms with Crippen molar-refractivity contribution in [3.63, 3.8) is 0 Å². The molecule has 0 bridgehead atoms. The molecule has 0 spiro atoms. The number of ketones is 1. The number of aromatic nitrogens is 1. The first kappa shape index (κ1) is 16.3. The average molecular weight is 321 g/mol. The Bertz CT molecular complexity index is 655. The summed E-state index contributed by atoms with van der Waals surface area (Å²) in [5.74, 6) is 1.44. The molecule has 1 aromatic carbocycles. The van der Waals surface area contributed by atoms with Crippen LogP contribution in [0.25, 0.3) is 0 Å². The van der Waals surface area contributed by atoms with Gasteiger partial charge in [-0.3, -0.25) is 4.79 Å². The van der Waals surface area contributed by atoms with Gasteiger partial charge in [0.05, 0.1) is 37.5 Å². The smallest absolute Gasteiger partial charge is 0.188 e. The zero-order valence-corrected chi connectivity index (χ0v) is 13.9. The third-order valence-corrected chi connectivity index (χ3v) is 3.84. The van der Waals surface area contributed by atoms with Crippen molar-refractivity contribution < 1.29 is 14.3 Å². The second-order valence-electron chi connectivity index (χ2n) is 4.88. The van der Waals surface area contributed by atoms with E-state index < -0.39 is 0 Å². The Labute approximate surface area is 133 Å². The van der Waals surface area contributed by atoms with Crippen LogP contribution in [0.5, 0.6) is 11.5 Å². The number of carbonyl (C=O) groups excluding carboxylic acids is 1. The molecule has 0 aliphatic rings. The zero-order valence-electron chi connectivity index (χ0n) is 13.0. The summed E-state index contributed by atoms with van der Waals surface area (Å²) in [5.41, 5.74) is 0.739. The van der Waals surface area contributed by atoms with Crippen LogP contribution >= 0.6 is 11.3 Å². The van der Waals surface area contributed by atoms with Crippen molar-refractivity contribution in [2.75, 3.05) is 40.2 Å². The van der Waals surface area contributed by atoms with E-state index in [2.05, 4.69) is 10.3 Å². The molecule has 22 heavy (non-hydrogen) atoms. The molecule has 1 heterocycles. The molecule has 2 rings (SSSR count). The molecule has 1 N–H and O–H groups in total. The highest BCUT2D eigenvalue weighted by Gasteiger charge is 2.13. The number of carbonyl (C=O) groups is 1. The van der Waals surface area contributed by atoms with Gasteiger partial charge in [0.1, 0.15) is 11.5 Å². The summed E-state index contributed by atoms with van der Waals surface area (Å²) in [6, 6.07) is 5.45. The lowest BCUT2D eigenvalue weighted by atomic mass is 10.2. The fourth-order valence-corrected chi connectivity index (χ4v) is 2.61. The maximum Gasteiger partial charge on any atom is 0.188 e. The summed E-state index contributed by atoms with van der Waals surface area (Å²) in [6.45, 7) is 0.365. The fraction of sp³-hybridized carbons (Fsp3) is 0.333.